The Bertz CT molecular complexity index is 847. The highest BCUT2D eigenvalue weighted by atomic mass is 16.5. The van der Waals surface area contributed by atoms with E-state index in [0.717, 1.165) is 33.0 Å². The third kappa shape index (κ3) is 1.59. The van der Waals surface area contributed by atoms with Crippen molar-refractivity contribution in [3.05, 3.63) is 65.0 Å². The SMILES string of the molecule is C1=C2\C(=Nc3ccccc32)/C=c2/ccnc/c2=C/O/1. The second kappa shape index (κ2) is 3.92. The van der Waals surface area contributed by atoms with E-state index in [4.69, 9.17) is 4.74 Å². The molecule has 0 atom stereocenters. The Morgan fingerprint density at radius 1 is 0.947 bits per heavy atom. The van der Waals surface area contributed by atoms with Crippen molar-refractivity contribution < 1.29 is 4.74 Å². The highest BCUT2D eigenvalue weighted by molar-refractivity contribution is 6.41. The van der Waals surface area contributed by atoms with Gasteiger partial charge in [-0.25, -0.2) is 4.99 Å². The lowest BCUT2D eigenvalue weighted by Gasteiger charge is -2.03. The van der Waals surface area contributed by atoms with Gasteiger partial charge < -0.3 is 4.74 Å². The molecule has 3 nitrogen and oxygen atoms in total. The molecule has 0 saturated carbocycles. The summed E-state index contributed by atoms with van der Waals surface area (Å²) in [5.41, 5.74) is 4.05. The Morgan fingerprint density at radius 3 is 2.89 bits per heavy atom. The Balaban J connectivity index is 2.00. The maximum absolute atomic E-state index is 5.54. The first kappa shape index (κ1) is 10.3. The average molecular weight is 246 g/mol. The molecule has 0 saturated heterocycles. The smallest absolute Gasteiger partial charge is 0.100 e. The van der Waals surface area contributed by atoms with E-state index in [-0.39, 0.29) is 0 Å². The monoisotopic (exact) mass is 246 g/mol. The topological polar surface area (TPSA) is 34.5 Å². The van der Waals surface area contributed by atoms with Crippen LogP contribution in [0.2, 0.25) is 0 Å². The van der Waals surface area contributed by atoms with Crippen LogP contribution in [0.3, 0.4) is 0 Å². The van der Waals surface area contributed by atoms with Gasteiger partial charge in [0.2, 0.25) is 0 Å². The second-order valence-electron chi connectivity index (χ2n) is 4.45. The third-order valence-corrected chi connectivity index (χ3v) is 3.27. The molecule has 1 aromatic heterocycles. The van der Waals surface area contributed by atoms with E-state index in [1.807, 2.05) is 24.3 Å². The third-order valence-electron chi connectivity index (χ3n) is 3.27. The Hall–Kier alpha value is -2.68. The van der Waals surface area contributed by atoms with Crippen LogP contribution in [-0.2, 0) is 4.74 Å². The fraction of sp³-hybridized carbons (Fsp3) is 0. The van der Waals surface area contributed by atoms with Gasteiger partial charge in [0.25, 0.3) is 0 Å². The fourth-order valence-corrected chi connectivity index (χ4v) is 2.33. The number of rotatable bonds is 0. The zero-order valence-corrected chi connectivity index (χ0v) is 10.1. The maximum atomic E-state index is 5.54. The van der Waals surface area contributed by atoms with Gasteiger partial charge in [-0.05, 0) is 23.4 Å². The minimum absolute atomic E-state index is 0.932. The Labute approximate surface area is 109 Å². The summed E-state index contributed by atoms with van der Waals surface area (Å²) in [4.78, 5) is 8.76. The number of ether oxygens (including phenoxy) is 1. The molecule has 0 N–H and O–H groups in total. The molecule has 0 unspecified atom stereocenters. The van der Waals surface area contributed by atoms with Crippen LogP contribution in [0.15, 0.2) is 54.0 Å². The van der Waals surface area contributed by atoms with E-state index in [1.54, 1.807) is 24.9 Å². The molecular weight excluding hydrogens is 236 g/mol. The summed E-state index contributed by atoms with van der Waals surface area (Å²) in [5.74, 6) is 0. The highest BCUT2D eigenvalue weighted by Crippen LogP contribution is 2.35. The quantitative estimate of drug-likeness (QED) is 0.710. The zero-order valence-electron chi connectivity index (χ0n) is 10.1. The Morgan fingerprint density at radius 2 is 1.89 bits per heavy atom. The van der Waals surface area contributed by atoms with Crippen molar-refractivity contribution in [2.45, 2.75) is 0 Å². The van der Waals surface area contributed by atoms with Crippen molar-refractivity contribution in [1.82, 2.24) is 4.98 Å². The maximum Gasteiger partial charge on any atom is 0.100 e. The van der Waals surface area contributed by atoms with Crippen LogP contribution in [0.1, 0.15) is 5.56 Å². The van der Waals surface area contributed by atoms with Crippen molar-refractivity contribution in [1.29, 1.82) is 0 Å². The molecule has 0 aliphatic carbocycles. The van der Waals surface area contributed by atoms with Crippen LogP contribution in [0.5, 0.6) is 0 Å². The van der Waals surface area contributed by atoms with Crippen LogP contribution in [-0.4, -0.2) is 10.7 Å². The largest absolute Gasteiger partial charge is 0.471 e. The number of hydrogen-bond acceptors (Lipinski definition) is 3. The molecule has 1 aromatic carbocycles. The van der Waals surface area contributed by atoms with Gasteiger partial charge >= 0.3 is 0 Å². The van der Waals surface area contributed by atoms with Crippen molar-refractivity contribution >= 4 is 29.3 Å². The Kier molecular flexibility index (Phi) is 2.12. The van der Waals surface area contributed by atoms with Gasteiger partial charge in [0.15, 0.2) is 0 Å². The lowest BCUT2D eigenvalue weighted by atomic mass is 10.0. The average Bonchev–Trinajstić information content (AvgIpc) is 2.76. The molecular formula is C16H10N2O. The van der Waals surface area contributed by atoms with Crippen LogP contribution in [0.4, 0.5) is 5.69 Å². The lowest BCUT2D eigenvalue weighted by molar-refractivity contribution is 0.462. The minimum atomic E-state index is 0.932. The highest BCUT2D eigenvalue weighted by Gasteiger charge is 2.19. The number of aliphatic imine (C=N–C) groups is 1. The number of hydrogen-bond donors (Lipinski definition) is 0. The van der Waals surface area contributed by atoms with Crippen LogP contribution in [0.25, 0.3) is 17.9 Å². The van der Waals surface area contributed by atoms with Crippen molar-refractivity contribution in [3.8, 4) is 0 Å². The summed E-state index contributed by atoms with van der Waals surface area (Å²) in [5, 5.41) is 2.02. The molecule has 2 aliphatic heterocycles. The first-order valence-electron chi connectivity index (χ1n) is 6.08. The van der Waals surface area contributed by atoms with Crippen molar-refractivity contribution in [3.63, 3.8) is 0 Å². The van der Waals surface area contributed by atoms with Crippen molar-refractivity contribution in [2.75, 3.05) is 0 Å². The van der Waals surface area contributed by atoms with E-state index < -0.39 is 0 Å². The molecule has 3 heteroatoms. The van der Waals surface area contributed by atoms with Gasteiger partial charge in [-0.15, -0.1) is 0 Å². The van der Waals surface area contributed by atoms with Crippen LogP contribution < -0.4 is 10.4 Å². The van der Waals surface area contributed by atoms with E-state index >= 15 is 0 Å². The van der Waals surface area contributed by atoms with Gasteiger partial charge in [0.1, 0.15) is 6.26 Å². The molecule has 0 spiro atoms. The first-order valence-corrected chi connectivity index (χ1v) is 6.08. The number of allylic oxidation sites excluding steroid dienone is 1. The fourth-order valence-electron chi connectivity index (χ4n) is 2.33. The van der Waals surface area contributed by atoms with Gasteiger partial charge in [0, 0.05) is 28.7 Å². The molecule has 90 valence electrons. The van der Waals surface area contributed by atoms with Crippen molar-refractivity contribution in [2.24, 2.45) is 4.99 Å². The van der Waals surface area contributed by atoms with E-state index in [2.05, 4.69) is 22.1 Å². The number of aromatic nitrogens is 1. The molecule has 2 aromatic rings. The molecule has 4 rings (SSSR count). The van der Waals surface area contributed by atoms with E-state index in [1.165, 1.54) is 0 Å². The summed E-state index contributed by atoms with van der Waals surface area (Å²) < 4.78 is 5.54. The molecule has 2 aliphatic rings. The second-order valence-corrected chi connectivity index (χ2v) is 4.45. The van der Waals surface area contributed by atoms with Crippen LogP contribution in [0, 0.1) is 0 Å². The summed E-state index contributed by atoms with van der Waals surface area (Å²) in [6.07, 6.45) is 9.09. The standard InChI is InChI=1S/C16H10N2O/c1-2-4-15-13(3-1)14-10-19-9-12-8-17-6-5-11(12)7-16(14)18-15/h1-10H/b11-7-,12-9-,14-10-. The van der Waals surface area contributed by atoms with Gasteiger partial charge in [0.05, 0.1) is 17.7 Å². The van der Waals surface area contributed by atoms with Gasteiger partial charge in [-0.3, -0.25) is 4.98 Å². The summed E-state index contributed by atoms with van der Waals surface area (Å²) in [6.45, 7) is 0. The first-order chi connectivity index (χ1) is 9.42. The molecule has 0 fully saturated rings. The summed E-state index contributed by atoms with van der Waals surface area (Å²) in [6, 6.07) is 10.0. The number of nitrogens with zero attached hydrogens (tertiary/aromatic N) is 2. The predicted molar refractivity (Wildman–Crippen MR) is 75.0 cm³/mol. The molecule has 19 heavy (non-hydrogen) atoms. The van der Waals surface area contributed by atoms with Gasteiger partial charge in [-0.1, -0.05) is 18.2 Å². The van der Waals surface area contributed by atoms with E-state index in [0.29, 0.717) is 0 Å². The predicted octanol–water partition coefficient (Wildman–Crippen LogP) is 1.76. The lowest BCUT2D eigenvalue weighted by Crippen LogP contribution is -2.27. The van der Waals surface area contributed by atoms with E-state index in [9.17, 15) is 0 Å². The summed E-state index contributed by atoms with van der Waals surface area (Å²) >= 11 is 0. The number of pyridine rings is 1. The zero-order chi connectivity index (χ0) is 12.7. The molecule has 3 heterocycles. The number of para-hydroxylation sites is 1. The summed E-state index contributed by atoms with van der Waals surface area (Å²) in [7, 11) is 0. The number of benzene rings is 1. The normalized spacial score (nSPS) is 21.5. The molecule has 0 amide bonds. The molecule has 0 radical (unpaired) electrons. The number of fused-ring (bicyclic) bond motifs is 4. The van der Waals surface area contributed by atoms with Gasteiger partial charge in [-0.2, -0.15) is 0 Å². The molecule has 0 bridgehead atoms. The minimum Gasteiger partial charge on any atom is -0.471 e. The van der Waals surface area contributed by atoms with Crippen LogP contribution >= 0.6 is 0 Å².